The fourth-order valence-corrected chi connectivity index (χ4v) is 2.86. The lowest BCUT2D eigenvalue weighted by Gasteiger charge is -2.14. The van der Waals surface area contributed by atoms with E-state index >= 15 is 0 Å². The summed E-state index contributed by atoms with van der Waals surface area (Å²) in [5, 5.41) is 24.1. The van der Waals surface area contributed by atoms with Crippen LogP contribution in [-0.2, 0) is 0 Å². The van der Waals surface area contributed by atoms with Gasteiger partial charge in [-0.3, -0.25) is 0 Å². The van der Waals surface area contributed by atoms with E-state index in [-0.39, 0.29) is 12.6 Å². The minimum absolute atomic E-state index is 0.123. The van der Waals surface area contributed by atoms with Crippen LogP contribution in [-0.4, -0.2) is 21.9 Å². The van der Waals surface area contributed by atoms with E-state index in [1.165, 1.54) is 16.2 Å². The first-order valence-corrected chi connectivity index (χ1v) is 6.70. The molecule has 86 valence electrons. The van der Waals surface area contributed by atoms with Crippen LogP contribution in [0.5, 0.6) is 0 Å². The maximum atomic E-state index is 9.05. The highest BCUT2D eigenvalue weighted by molar-refractivity contribution is 7.15. The smallest absolute Gasteiger partial charge is 0.206 e. The molecule has 0 aliphatic rings. The first-order chi connectivity index (χ1) is 7.79. The van der Waals surface area contributed by atoms with Crippen LogP contribution in [0.4, 0.5) is 5.13 Å². The zero-order chi connectivity index (χ0) is 11.4. The third-order valence-corrected chi connectivity index (χ3v) is 3.88. The number of aliphatic hydroxyl groups is 1. The third-order valence-electron chi connectivity index (χ3n) is 2.13. The van der Waals surface area contributed by atoms with E-state index in [4.69, 9.17) is 5.11 Å². The van der Waals surface area contributed by atoms with Crippen LogP contribution in [0.25, 0.3) is 0 Å². The molecule has 2 rings (SSSR count). The standard InChI is InChI=1S/C10H13N3OS2/c1-7-12-13-10(16-7)11-8(4-5-14)9-3-2-6-15-9/h2-3,6,8,14H,4-5H2,1H3,(H,11,13). The molecule has 1 atom stereocenters. The van der Waals surface area contributed by atoms with Crippen LogP contribution in [0.3, 0.4) is 0 Å². The number of aryl methyl sites for hydroxylation is 1. The molecule has 2 N–H and O–H groups in total. The Kier molecular flexibility index (Phi) is 3.87. The molecule has 0 amide bonds. The molecular formula is C10H13N3OS2. The van der Waals surface area contributed by atoms with Crippen molar-refractivity contribution in [3.63, 3.8) is 0 Å². The lowest BCUT2D eigenvalue weighted by molar-refractivity contribution is 0.280. The van der Waals surface area contributed by atoms with Gasteiger partial charge in [0.15, 0.2) is 0 Å². The molecule has 16 heavy (non-hydrogen) atoms. The van der Waals surface area contributed by atoms with Gasteiger partial charge in [0.2, 0.25) is 5.13 Å². The van der Waals surface area contributed by atoms with Gasteiger partial charge >= 0.3 is 0 Å². The van der Waals surface area contributed by atoms with E-state index in [1.807, 2.05) is 18.4 Å². The molecule has 0 aromatic carbocycles. The molecule has 0 fully saturated rings. The van der Waals surface area contributed by atoms with E-state index < -0.39 is 0 Å². The van der Waals surface area contributed by atoms with Crippen LogP contribution < -0.4 is 5.32 Å². The van der Waals surface area contributed by atoms with Gasteiger partial charge in [0.25, 0.3) is 0 Å². The summed E-state index contributed by atoms with van der Waals surface area (Å²) in [6.07, 6.45) is 0.680. The van der Waals surface area contributed by atoms with Crippen molar-refractivity contribution in [2.75, 3.05) is 11.9 Å². The Balaban J connectivity index is 2.09. The van der Waals surface area contributed by atoms with Crippen molar-refractivity contribution in [2.24, 2.45) is 0 Å². The molecule has 2 aromatic rings. The van der Waals surface area contributed by atoms with Gasteiger partial charge in [0.05, 0.1) is 6.04 Å². The van der Waals surface area contributed by atoms with E-state index in [9.17, 15) is 0 Å². The minimum atomic E-state index is 0.123. The summed E-state index contributed by atoms with van der Waals surface area (Å²) in [5.74, 6) is 0. The third kappa shape index (κ3) is 2.78. The Hall–Kier alpha value is -0.980. The van der Waals surface area contributed by atoms with Crippen molar-refractivity contribution in [3.05, 3.63) is 27.4 Å². The molecule has 2 aromatic heterocycles. The van der Waals surface area contributed by atoms with E-state index in [0.29, 0.717) is 6.42 Å². The average molecular weight is 255 g/mol. The van der Waals surface area contributed by atoms with Crippen LogP contribution >= 0.6 is 22.7 Å². The largest absolute Gasteiger partial charge is 0.396 e. The fourth-order valence-electron chi connectivity index (χ4n) is 1.41. The highest BCUT2D eigenvalue weighted by Gasteiger charge is 2.13. The second-order valence-corrected chi connectivity index (χ2v) is 5.51. The van der Waals surface area contributed by atoms with Gasteiger partial charge in [-0.05, 0) is 24.8 Å². The summed E-state index contributed by atoms with van der Waals surface area (Å²) < 4.78 is 0. The van der Waals surface area contributed by atoms with Crippen LogP contribution in [0.1, 0.15) is 22.3 Å². The fraction of sp³-hybridized carbons (Fsp3) is 0.400. The molecule has 0 radical (unpaired) electrons. The lowest BCUT2D eigenvalue weighted by atomic mass is 10.2. The molecule has 0 saturated carbocycles. The summed E-state index contributed by atoms with van der Waals surface area (Å²) >= 11 is 3.21. The lowest BCUT2D eigenvalue weighted by Crippen LogP contribution is -2.10. The maximum absolute atomic E-state index is 9.05. The number of anilines is 1. The zero-order valence-electron chi connectivity index (χ0n) is 8.88. The number of thiophene rings is 1. The van der Waals surface area contributed by atoms with Gasteiger partial charge in [-0.1, -0.05) is 17.4 Å². The van der Waals surface area contributed by atoms with Gasteiger partial charge in [-0.2, -0.15) is 0 Å². The Labute approximate surface area is 102 Å². The van der Waals surface area contributed by atoms with Gasteiger partial charge in [0, 0.05) is 11.5 Å². The van der Waals surface area contributed by atoms with Crippen LogP contribution in [0, 0.1) is 6.92 Å². The molecule has 0 aliphatic carbocycles. The second kappa shape index (κ2) is 5.38. The van der Waals surface area contributed by atoms with Gasteiger partial charge in [-0.25, -0.2) is 0 Å². The van der Waals surface area contributed by atoms with E-state index in [1.54, 1.807) is 11.3 Å². The monoisotopic (exact) mass is 255 g/mol. The molecule has 0 saturated heterocycles. The number of aromatic nitrogens is 2. The quantitative estimate of drug-likeness (QED) is 0.861. The van der Waals surface area contributed by atoms with Gasteiger partial charge in [-0.15, -0.1) is 21.5 Å². The summed E-state index contributed by atoms with van der Waals surface area (Å²) in [6.45, 7) is 2.09. The first-order valence-electron chi connectivity index (χ1n) is 5.00. The summed E-state index contributed by atoms with van der Waals surface area (Å²) in [5.41, 5.74) is 0. The van der Waals surface area contributed by atoms with Crippen molar-refractivity contribution < 1.29 is 5.11 Å². The summed E-state index contributed by atoms with van der Waals surface area (Å²) in [6, 6.07) is 4.20. The van der Waals surface area contributed by atoms with Gasteiger partial charge in [0.1, 0.15) is 5.01 Å². The molecule has 1 unspecified atom stereocenters. The van der Waals surface area contributed by atoms with Crippen molar-refractivity contribution in [1.82, 2.24) is 10.2 Å². The number of aliphatic hydroxyl groups excluding tert-OH is 1. The maximum Gasteiger partial charge on any atom is 0.206 e. The molecule has 4 nitrogen and oxygen atoms in total. The Morgan fingerprint density at radius 3 is 2.94 bits per heavy atom. The van der Waals surface area contributed by atoms with E-state index in [2.05, 4.69) is 21.6 Å². The number of hydrogen-bond donors (Lipinski definition) is 2. The topological polar surface area (TPSA) is 58.0 Å². The van der Waals surface area contributed by atoms with Gasteiger partial charge < -0.3 is 10.4 Å². The normalized spacial score (nSPS) is 12.6. The molecule has 6 heteroatoms. The summed E-state index contributed by atoms with van der Waals surface area (Å²) in [7, 11) is 0. The highest BCUT2D eigenvalue weighted by atomic mass is 32.1. The van der Waals surface area contributed by atoms with E-state index in [0.717, 1.165) is 10.1 Å². The highest BCUT2D eigenvalue weighted by Crippen LogP contribution is 2.27. The van der Waals surface area contributed by atoms with Crippen molar-refractivity contribution in [3.8, 4) is 0 Å². The summed E-state index contributed by atoms with van der Waals surface area (Å²) in [4.78, 5) is 1.21. The average Bonchev–Trinajstić information content (AvgIpc) is 2.88. The van der Waals surface area contributed by atoms with Crippen LogP contribution in [0.2, 0.25) is 0 Å². The molecule has 0 spiro atoms. The number of nitrogens with one attached hydrogen (secondary N) is 1. The Morgan fingerprint density at radius 1 is 1.50 bits per heavy atom. The minimum Gasteiger partial charge on any atom is -0.396 e. The molecular weight excluding hydrogens is 242 g/mol. The SMILES string of the molecule is Cc1nnc(NC(CCO)c2cccs2)s1. The predicted octanol–water partition coefficient (Wildman–Crippen LogP) is 2.44. The van der Waals surface area contributed by atoms with Crippen molar-refractivity contribution in [2.45, 2.75) is 19.4 Å². The number of rotatable bonds is 5. The van der Waals surface area contributed by atoms with Crippen LogP contribution in [0.15, 0.2) is 17.5 Å². The number of nitrogens with zero attached hydrogens (tertiary/aromatic N) is 2. The predicted molar refractivity (Wildman–Crippen MR) is 67.0 cm³/mol. The zero-order valence-corrected chi connectivity index (χ0v) is 10.5. The molecule has 0 aliphatic heterocycles. The van der Waals surface area contributed by atoms with Crippen molar-refractivity contribution >= 4 is 27.8 Å². The Morgan fingerprint density at radius 2 is 2.38 bits per heavy atom. The number of hydrogen-bond acceptors (Lipinski definition) is 6. The molecule has 0 bridgehead atoms. The second-order valence-electron chi connectivity index (χ2n) is 3.35. The van der Waals surface area contributed by atoms with Crippen molar-refractivity contribution in [1.29, 1.82) is 0 Å². The molecule has 2 heterocycles. The first kappa shape index (κ1) is 11.5. The Bertz CT molecular complexity index is 427.